The normalized spacial score (nSPS) is 11.3. The molecule has 0 atom stereocenters. The molecule has 4 aromatic carbocycles. The van der Waals surface area contributed by atoms with Gasteiger partial charge in [0.05, 0.1) is 7.05 Å². The van der Waals surface area contributed by atoms with Crippen LogP contribution in [0.1, 0.15) is 0 Å². The van der Waals surface area contributed by atoms with Crippen molar-refractivity contribution in [2.75, 3.05) is 0 Å². The molecule has 4 nitrogen and oxygen atoms in total. The summed E-state index contributed by atoms with van der Waals surface area (Å²) in [6.45, 7) is 0. The van der Waals surface area contributed by atoms with Crippen molar-refractivity contribution in [1.29, 1.82) is 0 Å². The molecule has 0 spiro atoms. The van der Waals surface area contributed by atoms with Crippen LogP contribution >= 0.6 is 18.7 Å². The van der Waals surface area contributed by atoms with Crippen molar-refractivity contribution in [3.63, 3.8) is 0 Å². The van der Waals surface area contributed by atoms with Crippen molar-refractivity contribution in [1.82, 2.24) is 10.3 Å². The lowest BCUT2D eigenvalue weighted by Gasteiger charge is -2.26. The van der Waals surface area contributed by atoms with Gasteiger partial charge in [-0.2, -0.15) is 0 Å². The van der Waals surface area contributed by atoms with Crippen molar-refractivity contribution in [3.8, 4) is 11.3 Å². The first kappa shape index (κ1) is 20.4. The molecular formula is C26H19ClN3OP. The zero-order valence-corrected chi connectivity index (χ0v) is 18.7. The minimum Gasteiger partial charge on any atom is -0.242 e. The van der Waals surface area contributed by atoms with Gasteiger partial charge in [-0.05, 0) is 22.4 Å². The second-order valence-corrected chi connectivity index (χ2v) is 10.6. The molecule has 1 aromatic heterocycles. The quantitative estimate of drug-likeness (QED) is 0.296. The maximum absolute atomic E-state index is 6.08. The van der Waals surface area contributed by atoms with Gasteiger partial charge in [-0.1, -0.05) is 115 Å². The fraction of sp³-hybridized carbons (Fsp3) is 0. The van der Waals surface area contributed by atoms with E-state index in [1.807, 2.05) is 78.9 Å². The Labute approximate surface area is 191 Å². The van der Waals surface area contributed by atoms with E-state index in [-0.39, 0.29) is 0 Å². The van der Waals surface area contributed by atoms with E-state index in [1.165, 1.54) is 0 Å². The highest BCUT2D eigenvalue weighted by Crippen LogP contribution is 2.50. The van der Waals surface area contributed by atoms with Crippen LogP contribution in [0.3, 0.4) is 0 Å². The van der Waals surface area contributed by atoms with Crippen LogP contribution in [0.25, 0.3) is 11.3 Å². The van der Waals surface area contributed by atoms with E-state index in [1.54, 1.807) is 0 Å². The third-order valence-corrected chi connectivity index (χ3v) is 9.10. The second-order valence-electron chi connectivity index (χ2n) is 7.19. The smallest absolute Gasteiger partial charge is 0.224 e. The minimum absolute atomic E-state index is 0.470. The van der Waals surface area contributed by atoms with E-state index >= 15 is 0 Å². The number of nitrogens with zero attached hydrogens (tertiary/aromatic N) is 3. The lowest BCUT2D eigenvalue weighted by atomic mass is 10.1. The first-order chi connectivity index (χ1) is 15.8. The van der Waals surface area contributed by atoms with E-state index in [0.29, 0.717) is 16.5 Å². The molecule has 0 aliphatic heterocycles. The molecule has 6 heteroatoms. The molecule has 0 unspecified atom stereocenters. The van der Waals surface area contributed by atoms with Crippen LogP contribution in [0.15, 0.2) is 125 Å². The number of rotatable bonds is 5. The molecule has 32 heavy (non-hydrogen) atoms. The molecule has 156 valence electrons. The van der Waals surface area contributed by atoms with Gasteiger partial charge < -0.3 is 0 Å². The number of hydrogen-bond acceptors (Lipinski definition) is 4. The van der Waals surface area contributed by atoms with Crippen molar-refractivity contribution < 1.29 is 4.63 Å². The summed E-state index contributed by atoms with van der Waals surface area (Å²) in [7, 11) is -2.46. The van der Waals surface area contributed by atoms with Gasteiger partial charge in [-0.25, -0.2) is 9.37 Å². The molecule has 0 N–H and O–H groups in total. The topological polar surface area (TPSA) is 51.3 Å². The molecule has 5 aromatic rings. The lowest BCUT2D eigenvalue weighted by Crippen LogP contribution is -2.25. The van der Waals surface area contributed by atoms with Gasteiger partial charge in [0.15, 0.2) is 5.69 Å². The van der Waals surface area contributed by atoms with Crippen LogP contribution in [0.4, 0.5) is 5.82 Å². The molecule has 0 radical (unpaired) electrons. The van der Waals surface area contributed by atoms with Gasteiger partial charge in [0.25, 0.3) is 0 Å². The fourth-order valence-electron chi connectivity index (χ4n) is 3.73. The van der Waals surface area contributed by atoms with Crippen molar-refractivity contribution >= 4 is 40.4 Å². The van der Waals surface area contributed by atoms with Gasteiger partial charge >= 0.3 is 0 Å². The van der Waals surface area contributed by atoms with Crippen molar-refractivity contribution in [3.05, 3.63) is 120 Å². The summed E-state index contributed by atoms with van der Waals surface area (Å²) in [5, 5.41) is 12.4. The largest absolute Gasteiger partial charge is 0.242 e. The molecule has 0 aliphatic rings. The number of hydrogen-bond donors (Lipinski definition) is 0. The number of benzene rings is 4. The van der Waals surface area contributed by atoms with E-state index in [2.05, 4.69) is 46.7 Å². The summed E-state index contributed by atoms with van der Waals surface area (Å²) >= 11 is 6.08. The van der Waals surface area contributed by atoms with E-state index in [9.17, 15) is 0 Å². The van der Waals surface area contributed by atoms with Crippen LogP contribution in [0.5, 0.6) is 0 Å². The Hall–Kier alpha value is -3.46. The van der Waals surface area contributed by atoms with Gasteiger partial charge in [0.2, 0.25) is 5.82 Å². The molecular weight excluding hydrogens is 437 g/mol. The van der Waals surface area contributed by atoms with Gasteiger partial charge in [-0.3, -0.25) is 0 Å². The predicted molar refractivity (Wildman–Crippen MR) is 132 cm³/mol. The summed E-state index contributed by atoms with van der Waals surface area (Å²) in [6.07, 6.45) is 0. The Kier molecular flexibility index (Phi) is 5.72. The van der Waals surface area contributed by atoms with Crippen molar-refractivity contribution in [2.45, 2.75) is 0 Å². The van der Waals surface area contributed by atoms with E-state index < -0.39 is 7.05 Å². The van der Waals surface area contributed by atoms with Crippen LogP contribution < -0.4 is 15.9 Å². The minimum atomic E-state index is -2.46. The molecule has 0 saturated heterocycles. The van der Waals surface area contributed by atoms with Gasteiger partial charge in [0.1, 0.15) is 0 Å². The Balaban J connectivity index is 1.85. The predicted octanol–water partition coefficient (Wildman–Crippen LogP) is 6.20. The van der Waals surface area contributed by atoms with Gasteiger partial charge in [0, 0.05) is 26.5 Å². The summed E-state index contributed by atoms with van der Waals surface area (Å²) in [4.78, 5) is 0. The average molecular weight is 456 g/mol. The molecule has 0 saturated carbocycles. The summed E-state index contributed by atoms with van der Waals surface area (Å²) < 4.78 is 10.5. The molecule has 0 aliphatic carbocycles. The Morgan fingerprint density at radius 3 is 1.53 bits per heavy atom. The maximum atomic E-state index is 6.08. The van der Waals surface area contributed by atoms with Gasteiger partial charge in [-0.15, -0.1) is 0 Å². The summed E-state index contributed by atoms with van der Waals surface area (Å²) in [5.41, 5.74) is 1.44. The highest BCUT2D eigenvalue weighted by Gasteiger charge is 2.29. The van der Waals surface area contributed by atoms with Crippen LogP contribution in [-0.2, 0) is 0 Å². The second kappa shape index (κ2) is 8.96. The zero-order valence-electron chi connectivity index (χ0n) is 17.0. The molecule has 1 heterocycles. The van der Waals surface area contributed by atoms with Crippen molar-refractivity contribution in [2.24, 2.45) is 4.74 Å². The molecule has 0 bridgehead atoms. The first-order valence-electron chi connectivity index (χ1n) is 10.1. The highest BCUT2D eigenvalue weighted by molar-refractivity contribution is 7.87. The Morgan fingerprint density at radius 1 is 0.594 bits per heavy atom. The van der Waals surface area contributed by atoms with E-state index in [4.69, 9.17) is 21.0 Å². The maximum Gasteiger partial charge on any atom is 0.224 e. The average Bonchev–Trinajstić information content (AvgIpc) is 3.33. The lowest BCUT2D eigenvalue weighted by molar-refractivity contribution is 0.310. The molecule has 5 rings (SSSR count). The van der Waals surface area contributed by atoms with Crippen LogP contribution in [0.2, 0.25) is 5.02 Å². The third kappa shape index (κ3) is 3.80. The fourth-order valence-corrected chi connectivity index (χ4v) is 7.33. The Morgan fingerprint density at radius 2 is 1.06 bits per heavy atom. The van der Waals surface area contributed by atoms with Crippen LogP contribution in [0, 0.1) is 0 Å². The first-order valence-corrected chi connectivity index (χ1v) is 12.3. The number of aromatic nitrogens is 2. The molecule has 0 amide bonds. The number of halogens is 1. The Bertz CT molecular complexity index is 1270. The molecule has 0 fully saturated rings. The third-order valence-electron chi connectivity index (χ3n) is 5.22. The summed E-state index contributed by atoms with van der Waals surface area (Å²) in [6, 6.07) is 38.6. The van der Waals surface area contributed by atoms with E-state index in [0.717, 1.165) is 21.5 Å². The summed E-state index contributed by atoms with van der Waals surface area (Å²) in [5.74, 6) is 0.470. The standard InChI is InChI=1S/C26H19ClN3OP/c27-21-18-16-20(17-19-21)25-26(29-31-28-25)30-32(22-10-4-1-5-11-22,23-12-6-2-7-13-23)24-14-8-3-9-15-24/h1-19H. The SMILES string of the molecule is Clc1ccc(-c2nonc2N=P(c2ccccc2)(c2ccccc2)c2ccccc2)cc1. The van der Waals surface area contributed by atoms with Crippen LogP contribution in [-0.4, -0.2) is 10.3 Å². The zero-order chi connectivity index (χ0) is 21.8. The highest BCUT2D eigenvalue weighted by atomic mass is 35.5. The monoisotopic (exact) mass is 455 g/mol.